The van der Waals surface area contributed by atoms with Gasteiger partial charge in [-0.2, -0.15) is 0 Å². The van der Waals surface area contributed by atoms with Crippen LogP contribution in [0, 0.1) is 0 Å². The van der Waals surface area contributed by atoms with E-state index in [1.54, 1.807) is 36.4 Å². The van der Waals surface area contributed by atoms with Gasteiger partial charge < -0.3 is 25.6 Å². The van der Waals surface area contributed by atoms with Crippen molar-refractivity contribution in [2.75, 3.05) is 23.9 Å². The molecule has 3 aromatic rings. The van der Waals surface area contributed by atoms with E-state index in [9.17, 15) is 19.2 Å². The topological polar surface area (TPSA) is 117 Å². The Balaban J connectivity index is 1.67. The maximum Gasteiger partial charge on any atom is 0.320 e. The number of para-hydroxylation sites is 1. The fourth-order valence-electron chi connectivity index (χ4n) is 4.59. The number of anilines is 2. The summed E-state index contributed by atoms with van der Waals surface area (Å²) in [5.41, 5.74) is 3.56. The van der Waals surface area contributed by atoms with Crippen molar-refractivity contribution < 1.29 is 23.9 Å². The van der Waals surface area contributed by atoms with Gasteiger partial charge in [-0.15, -0.1) is 0 Å². The van der Waals surface area contributed by atoms with Crippen LogP contribution in [0.25, 0.3) is 5.57 Å². The second kappa shape index (κ2) is 12.5. The Morgan fingerprint density at radius 1 is 0.927 bits per heavy atom. The minimum atomic E-state index is -1.08. The number of urea groups is 1. The molecule has 41 heavy (non-hydrogen) atoms. The molecule has 1 aliphatic rings. The van der Waals surface area contributed by atoms with E-state index in [2.05, 4.69) is 16.0 Å². The monoisotopic (exact) mass is 554 g/mol. The number of hydrogen-bond acceptors (Lipinski definition) is 5. The lowest BCUT2D eigenvalue weighted by Gasteiger charge is -2.28. The van der Waals surface area contributed by atoms with Crippen LogP contribution >= 0.6 is 0 Å². The molecule has 0 aromatic heterocycles. The Bertz CT molecular complexity index is 1480. The van der Waals surface area contributed by atoms with Gasteiger partial charge in [0.05, 0.1) is 19.2 Å². The van der Waals surface area contributed by atoms with Crippen LogP contribution in [0.2, 0.25) is 0 Å². The number of hydrogen-bond donors (Lipinski definition) is 3. The molecule has 9 nitrogen and oxygen atoms in total. The van der Waals surface area contributed by atoms with Gasteiger partial charge in [-0.1, -0.05) is 60.7 Å². The zero-order chi connectivity index (χ0) is 29.6. The third-order valence-corrected chi connectivity index (χ3v) is 6.30. The van der Waals surface area contributed by atoms with Gasteiger partial charge in [-0.05, 0) is 61.7 Å². The van der Waals surface area contributed by atoms with Crippen LogP contribution in [0.4, 0.5) is 16.2 Å². The summed E-state index contributed by atoms with van der Waals surface area (Å²) in [6.45, 7) is 5.38. The summed E-state index contributed by atoms with van der Waals surface area (Å²) < 4.78 is 4.72. The number of carbonyl (C=O) groups excluding carboxylic acids is 4. The summed E-state index contributed by atoms with van der Waals surface area (Å²) in [6.07, 6.45) is 1.77. The maximum absolute atomic E-state index is 14.0. The molecule has 0 saturated heterocycles. The van der Waals surface area contributed by atoms with Gasteiger partial charge in [0, 0.05) is 16.8 Å². The second-order valence-electron chi connectivity index (χ2n) is 10.7. The average Bonchev–Trinajstić information content (AvgIpc) is 3.03. The van der Waals surface area contributed by atoms with Crippen LogP contribution in [0.5, 0.6) is 0 Å². The minimum absolute atomic E-state index is 0.0573. The van der Waals surface area contributed by atoms with Gasteiger partial charge in [0.15, 0.2) is 0 Å². The van der Waals surface area contributed by atoms with Crippen LogP contribution in [-0.2, 0) is 25.5 Å². The lowest BCUT2D eigenvalue weighted by atomic mass is 9.95. The Kier molecular flexibility index (Phi) is 8.87. The molecule has 0 aliphatic carbocycles. The number of rotatable bonds is 7. The van der Waals surface area contributed by atoms with E-state index >= 15 is 0 Å². The van der Waals surface area contributed by atoms with Gasteiger partial charge in [-0.3, -0.25) is 14.4 Å². The van der Waals surface area contributed by atoms with Crippen molar-refractivity contribution in [3.8, 4) is 0 Å². The Morgan fingerprint density at radius 2 is 1.63 bits per heavy atom. The zero-order valence-electron chi connectivity index (χ0n) is 23.6. The van der Waals surface area contributed by atoms with E-state index in [-0.39, 0.29) is 18.9 Å². The highest BCUT2D eigenvalue weighted by Gasteiger charge is 2.33. The van der Waals surface area contributed by atoms with Crippen molar-refractivity contribution >= 4 is 40.8 Å². The van der Waals surface area contributed by atoms with Crippen molar-refractivity contribution in [3.05, 3.63) is 102 Å². The molecule has 3 N–H and O–H groups in total. The predicted octanol–water partition coefficient (Wildman–Crippen LogP) is 4.29. The Labute approximate surface area is 239 Å². The summed E-state index contributed by atoms with van der Waals surface area (Å²) >= 11 is 0. The summed E-state index contributed by atoms with van der Waals surface area (Å²) in [7, 11) is 1.31. The third-order valence-electron chi connectivity index (χ3n) is 6.30. The maximum atomic E-state index is 14.0. The van der Waals surface area contributed by atoms with Gasteiger partial charge in [0.2, 0.25) is 5.91 Å². The molecule has 0 bridgehead atoms. The molecule has 0 saturated carbocycles. The number of methoxy groups -OCH3 is 1. The molecule has 9 heteroatoms. The van der Waals surface area contributed by atoms with Gasteiger partial charge in [0.1, 0.15) is 12.6 Å². The van der Waals surface area contributed by atoms with E-state index in [1.165, 1.54) is 12.0 Å². The van der Waals surface area contributed by atoms with Gasteiger partial charge in [-0.25, -0.2) is 4.79 Å². The number of nitrogens with one attached hydrogen (secondary N) is 3. The summed E-state index contributed by atoms with van der Waals surface area (Å²) in [6, 6.07) is 22.0. The molecule has 0 radical (unpaired) electrons. The van der Waals surface area contributed by atoms with E-state index in [1.807, 2.05) is 69.3 Å². The van der Waals surface area contributed by atoms with Crippen LogP contribution in [-0.4, -0.2) is 49.1 Å². The largest absolute Gasteiger partial charge is 0.469 e. The van der Waals surface area contributed by atoms with Crippen molar-refractivity contribution in [2.24, 2.45) is 0 Å². The second-order valence-corrected chi connectivity index (χ2v) is 10.7. The van der Waals surface area contributed by atoms with Crippen molar-refractivity contribution in [1.82, 2.24) is 10.6 Å². The number of ether oxygens (including phenoxy) is 1. The molecule has 1 unspecified atom stereocenters. The lowest BCUT2D eigenvalue weighted by Crippen LogP contribution is -2.52. The number of carbonyl (C=O) groups is 4. The van der Waals surface area contributed by atoms with Crippen molar-refractivity contribution in [3.63, 3.8) is 0 Å². The van der Waals surface area contributed by atoms with Crippen LogP contribution in [0.3, 0.4) is 0 Å². The first-order chi connectivity index (χ1) is 19.5. The van der Waals surface area contributed by atoms with Crippen LogP contribution < -0.4 is 20.9 Å². The number of esters is 1. The van der Waals surface area contributed by atoms with Crippen LogP contribution in [0.1, 0.15) is 37.5 Å². The fraction of sp³-hybridized carbons (Fsp3) is 0.250. The van der Waals surface area contributed by atoms with E-state index < -0.39 is 29.5 Å². The van der Waals surface area contributed by atoms with Crippen LogP contribution in [0.15, 0.2) is 84.9 Å². The molecule has 1 aliphatic heterocycles. The summed E-state index contributed by atoms with van der Waals surface area (Å²) in [5.74, 6) is -1.18. The van der Waals surface area contributed by atoms with Crippen molar-refractivity contribution in [2.45, 2.75) is 38.8 Å². The molecule has 1 atom stereocenters. The highest BCUT2D eigenvalue weighted by molar-refractivity contribution is 6.10. The number of amides is 4. The molecule has 4 amide bonds. The van der Waals surface area contributed by atoms with Crippen molar-refractivity contribution in [1.29, 1.82) is 0 Å². The summed E-state index contributed by atoms with van der Waals surface area (Å²) in [4.78, 5) is 53.2. The standard InChI is InChI=1S/C32H34N4O5/c1-32(2,3)35-28(37)20-36-27-16-9-8-15-24(27)25(22-12-6-5-7-13-22)19-26(30(36)39)34-31(40)33-23-14-10-11-21(17-23)18-29(38)41-4/h5-17,19,26H,18,20H2,1-4H3,(H,35,37)(H2,33,34,40). The molecule has 1 heterocycles. The first-order valence-electron chi connectivity index (χ1n) is 13.3. The van der Waals surface area contributed by atoms with E-state index in [0.29, 0.717) is 16.9 Å². The SMILES string of the molecule is COC(=O)Cc1cccc(NC(=O)NC2C=C(c3ccccc3)c3ccccc3N(CC(=O)NC(C)(C)C)C2=O)c1. The lowest BCUT2D eigenvalue weighted by molar-refractivity contribution is -0.139. The summed E-state index contributed by atoms with van der Waals surface area (Å²) in [5, 5.41) is 8.43. The van der Waals surface area contributed by atoms with Gasteiger partial charge >= 0.3 is 12.0 Å². The zero-order valence-corrected chi connectivity index (χ0v) is 23.6. The third kappa shape index (κ3) is 7.60. The average molecular weight is 555 g/mol. The number of nitrogens with zero attached hydrogens (tertiary/aromatic N) is 1. The Hall–Kier alpha value is -4.92. The number of benzene rings is 3. The van der Waals surface area contributed by atoms with Gasteiger partial charge in [0.25, 0.3) is 5.91 Å². The molecule has 212 valence electrons. The predicted molar refractivity (Wildman–Crippen MR) is 158 cm³/mol. The normalized spacial score (nSPS) is 14.7. The molecular formula is C32H34N4O5. The van der Waals surface area contributed by atoms with E-state index in [4.69, 9.17) is 4.74 Å². The minimum Gasteiger partial charge on any atom is -0.469 e. The van der Waals surface area contributed by atoms with E-state index in [0.717, 1.165) is 16.7 Å². The molecule has 3 aromatic carbocycles. The highest BCUT2D eigenvalue weighted by Crippen LogP contribution is 2.35. The molecule has 0 fully saturated rings. The number of fused-ring (bicyclic) bond motifs is 1. The quantitative estimate of drug-likeness (QED) is 0.377. The first kappa shape index (κ1) is 29.1. The molecule has 0 spiro atoms. The fourth-order valence-corrected chi connectivity index (χ4v) is 4.59. The molecule has 4 rings (SSSR count). The first-order valence-corrected chi connectivity index (χ1v) is 13.3. The highest BCUT2D eigenvalue weighted by atomic mass is 16.5. The smallest absolute Gasteiger partial charge is 0.320 e. The molecular weight excluding hydrogens is 520 g/mol. The Morgan fingerprint density at radius 3 is 2.34 bits per heavy atom.